The van der Waals surface area contributed by atoms with Gasteiger partial charge >= 0.3 is 0 Å². The first kappa shape index (κ1) is 22.3. The fraction of sp³-hybridized carbons (Fsp3) is 0.826. The van der Waals surface area contributed by atoms with Crippen LogP contribution in [0.2, 0.25) is 0 Å². The van der Waals surface area contributed by atoms with Crippen LogP contribution in [0.4, 0.5) is 0 Å². The number of hydrogen-bond acceptors (Lipinski definition) is 4. The summed E-state index contributed by atoms with van der Waals surface area (Å²) in [5.74, 6) is 2.41. The summed E-state index contributed by atoms with van der Waals surface area (Å²) in [6.45, 7) is 13.4. The Morgan fingerprint density at radius 3 is 1.89 bits per heavy atom. The van der Waals surface area contributed by atoms with Crippen molar-refractivity contribution in [3.63, 3.8) is 0 Å². The molecule has 2 aliphatic carbocycles. The monoisotopic (exact) mass is 380 g/mol. The number of rotatable bonds is 4. The highest BCUT2D eigenvalue weighted by Gasteiger charge is 2.43. The first-order valence-electron chi connectivity index (χ1n) is 10.2. The lowest BCUT2D eigenvalue weighted by molar-refractivity contribution is 0.0264. The van der Waals surface area contributed by atoms with Gasteiger partial charge in [-0.05, 0) is 47.7 Å². The van der Waals surface area contributed by atoms with Crippen molar-refractivity contribution in [2.45, 2.75) is 79.4 Å². The molecular formula is C23H40O4. The smallest absolute Gasteiger partial charge is 0.103 e. The van der Waals surface area contributed by atoms with Crippen molar-refractivity contribution in [2.75, 3.05) is 21.3 Å². The van der Waals surface area contributed by atoms with Crippen LogP contribution in [-0.4, -0.2) is 38.6 Å². The molecule has 0 aromatic heterocycles. The van der Waals surface area contributed by atoms with E-state index in [0.29, 0.717) is 12.8 Å². The van der Waals surface area contributed by atoms with E-state index in [1.165, 1.54) is 11.1 Å². The van der Waals surface area contributed by atoms with Gasteiger partial charge in [0.1, 0.15) is 5.76 Å². The third-order valence-electron chi connectivity index (χ3n) is 6.29. The van der Waals surface area contributed by atoms with Crippen molar-refractivity contribution < 1.29 is 19.3 Å². The van der Waals surface area contributed by atoms with E-state index >= 15 is 0 Å². The predicted molar refractivity (Wildman–Crippen MR) is 109 cm³/mol. The second-order valence-corrected chi connectivity index (χ2v) is 10.3. The molecule has 4 nitrogen and oxygen atoms in total. The maximum absolute atomic E-state index is 10.7. The maximum Gasteiger partial charge on any atom is 0.103 e. The van der Waals surface area contributed by atoms with Gasteiger partial charge in [-0.2, -0.15) is 0 Å². The van der Waals surface area contributed by atoms with Crippen LogP contribution >= 0.6 is 0 Å². The number of ether oxygens (including phenoxy) is 3. The van der Waals surface area contributed by atoms with Crippen LogP contribution in [0, 0.1) is 22.7 Å². The fourth-order valence-electron chi connectivity index (χ4n) is 4.79. The summed E-state index contributed by atoms with van der Waals surface area (Å²) in [6.07, 6.45) is 2.95. The van der Waals surface area contributed by atoms with Crippen LogP contribution in [0.5, 0.6) is 0 Å². The Labute approximate surface area is 166 Å². The molecule has 0 fully saturated rings. The molecule has 2 rings (SSSR count). The molecule has 0 saturated heterocycles. The molecule has 0 aromatic rings. The summed E-state index contributed by atoms with van der Waals surface area (Å²) in [7, 11) is 5.33. The van der Waals surface area contributed by atoms with Crippen molar-refractivity contribution in [3.05, 3.63) is 22.7 Å². The molecule has 0 radical (unpaired) electrons. The van der Waals surface area contributed by atoms with Crippen LogP contribution < -0.4 is 0 Å². The highest BCUT2D eigenvalue weighted by atomic mass is 16.5. The molecule has 4 unspecified atom stereocenters. The van der Waals surface area contributed by atoms with Crippen molar-refractivity contribution in [2.24, 2.45) is 22.7 Å². The molecule has 0 aliphatic heterocycles. The van der Waals surface area contributed by atoms with Gasteiger partial charge in [0, 0.05) is 18.9 Å². The van der Waals surface area contributed by atoms with Gasteiger partial charge in [-0.25, -0.2) is 0 Å². The number of hydrogen-bond donors (Lipinski definition) is 1. The zero-order valence-electron chi connectivity index (χ0n) is 18.8. The molecule has 0 amide bonds. The molecule has 0 spiro atoms. The Morgan fingerprint density at radius 2 is 1.44 bits per heavy atom. The standard InChI is InChI=1S/C23H40O4/c1-22(2,3)18-11-14(24)10-16(20(18)26-8)17-12-15(25-7)13-19(21(17)27-9)23(4,5)6/h14-16,19,24H,10-13H2,1-9H3. The minimum Gasteiger partial charge on any atom is -0.501 e. The molecule has 4 heteroatoms. The Bertz CT molecular complexity index is 588. The van der Waals surface area contributed by atoms with Crippen molar-refractivity contribution in [1.29, 1.82) is 0 Å². The second-order valence-electron chi connectivity index (χ2n) is 10.3. The molecule has 0 heterocycles. The van der Waals surface area contributed by atoms with Gasteiger partial charge in [-0.1, -0.05) is 41.5 Å². The summed E-state index contributed by atoms with van der Waals surface area (Å²) in [5, 5.41) is 10.7. The van der Waals surface area contributed by atoms with Crippen molar-refractivity contribution >= 4 is 0 Å². The van der Waals surface area contributed by atoms with E-state index in [-0.39, 0.29) is 34.9 Å². The SMILES string of the molecule is COC1=C(C(C)(C)C)CC(O)CC1C1=C(OC)C(C(C)(C)C)CC(OC)C1. The lowest BCUT2D eigenvalue weighted by Gasteiger charge is -2.43. The predicted octanol–water partition coefficient (Wildman–Crippen LogP) is 5.08. The largest absolute Gasteiger partial charge is 0.501 e. The normalized spacial score (nSPS) is 30.6. The maximum atomic E-state index is 10.7. The van der Waals surface area contributed by atoms with E-state index in [2.05, 4.69) is 41.5 Å². The van der Waals surface area contributed by atoms with Gasteiger partial charge in [0.15, 0.2) is 0 Å². The summed E-state index contributed by atoms with van der Waals surface area (Å²) in [5.41, 5.74) is 2.49. The van der Waals surface area contributed by atoms with Crippen LogP contribution in [0.3, 0.4) is 0 Å². The average Bonchev–Trinajstić information content (AvgIpc) is 2.58. The number of allylic oxidation sites excluding steroid dienone is 2. The fourth-order valence-corrected chi connectivity index (χ4v) is 4.79. The third-order valence-corrected chi connectivity index (χ3v) is 6.29. The molecular weight excluding hydrogens is 340 g/mol. The van der Waals surface area contributed by atoms with E-state index in [0.717, 1.165) is 24.4 Å². The van der Waals surface area contributed by atoms with Gasteiger partial charge in [0.05, 0.1) is 32.2 Å². The Kier molecular flexibility index (Phi) is 6.74. The van der Waals surface area contributed by atoms with Crippen LogP contribution in [0.1, 0.15) is 67.2 Å². The van der Waals surface area contributed by atoms with E-state index in [1.54, 1.807) is 21.3 Å². The second kappa shape index (κ2) is 8.16. The first-order valence-corrected chi connectivity index (χ1v) is 10.2. The van der Waals surface area contributed by atoms with E-state index in [1.807, 2.05) is 0 Å². The highest BCUT2D eigenvalue weighted by Crippen LogP contribution is 2.50. The third kappa shape index (κ3) is 4.71. The van der Waals surface area contributed by atoms with Crippen LogP contribution in [0.25, 0.3) is 0 Å². The van der Waals surface area contributed by atoms with Gasteiger partial charge in [-0.15, -0.1) is 0 Å². The van der Waals surface area contributed by atoms with Gasteiger partial charge in [-0.3, -0.25) is 0 Å². The molecule has 27 heavy (non-hydrogen) atoms. The molecule has 0 bridgehead atoms. The summed E-state index contributed by atoms with van der Waals surface area (Å²) in [6, 6.07) is 0. The Morgan fingerprint density at radius 1 is 0.852 bits per heavy atom. The lowest BCUT2D eigenvalue weighted by Crippen LogP contribution is -2.37. The minimum absolute atomic E-state index is 0.0441. The zero-order valence-corrected chi connectivity index (χ0v) is 18.8. The molecule has 0 saturated carbocycles. The van der Waals surface area contributed by atoms with E-state index in [4.69, 9.17) is 14.2 Å². The zero-order chi connectivity index (χ0) is 20.6. The molecule has 156 valence electrons. The topological polar surface area (TPSA) is 47.9 Å². The molecule has 1 N–H and O–H groups in total. The number of aliphatic hydroxyl groups is 1. The summed E-state index contributed by atoms with van der Waals surface area (Å²) >= 11 is 0. The Balaban J connectivity index is 2.63. The Hall–Kier alpha value is -1.00. The van der Waals surface area contributed by atoms with E-state index in [9.17, 15) is 5.11 Å². The number of methoxy groups -OCH3 is 3. The number of aliphatic hydroxyl groups excluding tert-OH is 1. The van der Waals surface area contributed by atoms with E-state index < -0.39 is 0 Å². The summed E-state index contributed by atoms with van der Waals surface area (Å²) in [4.78, 5) is 0. The quantitative estimate of drug-likeness (QED) is 0.739. The summed E-state index contributed by atoms with van der Waals surface area (Å²) < 4.78 is 17.8. The molecule has 2 aliphatic rings. The van der Waals surface area contributed by atoms with Crippen LogP contribution in [-0.2, 0) is 14.2 Å². The molecule has 4 atom stereocenters. The highest BCUT2D eigenvalue weighted by molar-refractivity contribution is 5.33. The molecule has 0 aromatic carbocycles. The first-order chi connectivity index (χ1) is 12.4. The van der Waals surface area contributed by atoms with Crippen molar-refractivity contribution in [1.82, 2.24) is 0 Å². The van der Waals surface area contributed by atoms with Gasteiger partial charge in [0.25, 0.3) is 0 Å². The minimum atomic E-state index is -0.357. The average molecular weight is 381 g/mol. The van der Waals surface area contributed by atoms with Gasteiger partial charge in [0.2, 0.25) is 0 Å². The lowest BCUT2D eigenvalue weighted by atomic mass is 9.66. The van der Waals surface area contributed by atoms with Crippen LogP contribution in [0.15, 0.2) is 22.7 Å². The van der Waals surface area contributed by atoms with Crippen molar-refractivity contribution in [3.8, 4) is 0 Å². The van der Waals surface area contributed by atoms with Gasteiger partial charge < -0.3 is 19.3 Å².